The van der Waals surface area contributed by atoms with Crippen molar-refractivity contribution in [1.82, 2.24) is 4.98 Å². The van der Waals surface area contributed by atoms with Gasteiger partial charge in [-0.2, -0.15) is 0 Å². The highest BCUT2D eigenvalue weighted by Crippen LogP contribution is 2.34. The summed E-state index contributed by atoms with van der Waals surface area (Å²) in [6.07, 6.45) is 1.83. The molecule has 6 heteroatoms. The molecule has 0 spiro atoms. The van der Waals surface area contributed by atoms with Crippen LogP contribution in [-0.4, -0.2) is 28.4 Å². The standard InChI is InChI=1S/C20H26N2O4/c1-5-7-13(23)10-20(3,4)11-26-15-9-6-8-14-17(15)18(21)16(19(24)25)12(2)22-14/h6,8-9H,5,7,10-11H2,1-4H3,(H2,21,22)(H,24,25). The van der Waals surface area contributed by atoms with E-state index < -0.39 is 5.97 Å². The Hall–Kier alpha value is -2.63. The van der Waals surface area contributed by atoms with E-state index in [1.165, 1.54) is 0 Å². The predicted molar refractivity (Wildman–Crippen MR) is 102 cm³/mol. The van der Waals surface area contributed by atoms with Gasteiger partial charge in [-0.05, 0) is 25.5 Å². The van der Waals surface area contributed by atoms with Gasteiger partial charge in [-0.1, -0.05) is 26.8 Å². The van der Waals surface area contributed by atoms with Crippen molar-refractivity contribution in [1.29, 1.82) is 0 Å². The first-order valence-electron chi connectivity index (χ1n) is 8.73. The highest BCUT2D eigenvalue weighted by Gasteiger charge is 2.24. The first-order valence-corrected chi connectivity index (χ1v) is 8.73. The number of nitrogen functional groups attached to an aromatic ring is 1. The lowest BCUT2D eigenvalue weighted by atomic mass is 9.87. The number of hydrogen-bond donors (Lipinski definition) is 2. The summed E-state index contributed by atoms with van der Waals surface area (Å²) in [5.74, 6) is -0.426. The van der Waals surface area contributed by atoms with E-state index in [1.807, 2.05) is 20.8 Å². The number of pyridine rings is 1. The van der Waals surface area contributed by atoms with Crippen LogP contribution in [0, 0.1) is 12.3 Å². The first kappa shape index (κ1) is 19.7. The molecule has 2 rings (SSSR count). The fourth-order valence-corrected chi connectivity index (χ4v) is 3.06. The minimum Gasteiger partial charge on any atom is -0.492 e. The number of anilines is 1. The molecule has 0 amide bonds. The molecule has 0 bridgehead atoms. The summed E-state index contributed by atoms with van der Waals surface area (Å²) in [5.41, 5.74) is 6.88. The molecule has 0 fully saturated rings. The second-order valence-corrected chi connectivity index (χ2v) is 7.36. The summed E-state index contributed by atoms with van der Waals surface area (Å²) in [4.78, 5) is 27.8. The Morgan fingerprint density at radius 1 is 1.31 bits per heavy atom. The largest absolute Gasteiger partial charge is 0.492 e. The number of hydrogen-bond acceptors (Lipinski definition) is 5. The number of aromatic nitrogens is 1. The minimum absolute atomic E-state index is 0.00839. The predicted octanol–water partition coefficient (Wildman–Crippen LogP) is 3.99. The maximum Gasteiger partial charge on any atom is 0.339 e. The zero-order chi connectivity index (χ0) is 19.5. The smallest absolute Gasteiger partial charge is 0.339 e. The number of ketones is 1. The van der Waals surface area contributed by atoms with Gasteiger partial charge < -0.3 is 15.6 Å². The first-order chi connectivity index (χ1) is 12.2. The zero-order valence-electron chi connectivity index (χ0n) is 15.8. The number of nitrogens with zero attached hydrogens (tertiary/aromatic N) is 1. The summed E-state index contributed by atoms with van der Waals surface area (Å²) in [7, 11) is 0. The number of ether oxygens (including phenoxy) is 1. The molecule has 3 N–H and O–H groups in total. The number of aromatic carboxylic acids is 1. The summed E-state index contributed by atoms with van der Waals surface area (Å²) in [6, 6.07) is 5.30. The monoisotopic (exact) mass is 358 g/mol. The number of carboxylic acids is 1. The van der Waals surface area contributed by atoms with E-state index in [0.717, 1.165) is 6.42 Å². The number of Topliss-reactive ketones (excluding diaryl/α,β-unsaturated/α-hetero) is 1. The van der Waals surface area contributed by atoms with Crippen LogP contribution in [0.4, 0.5) is 5.69 Å². The van der Waals surface area contributed by atoms with Crippen LogP contribution in [0.5, 0.6) is 5.75 Å². The third kappa shape index (κ3) is 4.31. The number of fused-ring (bicyclic) bond motifs is 1. The van der Waals surface area contributed by atoms with Gasteiger partial charge in [0.2, 0.25) is 0 Å². The van der Waals surface area contributed by atoms with Crippen molar-refractivity contribution in [2.75, 3.05) is 12.3 Å². The second-order valence-electron chi connectivity index (χ2n) is 7.36. The lowest BCUT2D eigenvalue weighted by Gasteiger charge is -2.24. The lowest BCUT2D eigenvalue weighted by Crippen LogP contribution is -2.25. The molecule has 0 unspecified atom stereocenters. The fourth-order valence-electron chi connectivity index (χ4n) is 3.06. The van der Waals surface area contributed by atoms with Crippen molar-refractivity contribution in [3.05, 3.63) is 29.5 Å². The van der Waals surface area contributed by atoms with Gasteiger partial charge >= 0.3 is 5.97 Å². The van der Waals surface area contributed by atoms with Gasteiger partial charge in [0, 0.05) is 18.3 Å². The maximum absolute atomic E-state index is 11.9. The van der Waals surface area contributed by atoms with E-state index in [4.69, 9.17) is 10.5 Å². The summed E-state index contributed by atoms with van der Waals surface area (Å²) >= 11 is 0. The van der Waals surface area contributed by atoms with E-state index in [9.17, 15) is 14.7 Å². The Bertz CT molecular complexity index is 843. The van der Waals surface area contributed by atoms with Crippen LogP contribution in [-0.2, 0) is 4.79 Å². The van der Waals surface area contributed by atoms with Gasteiger partial charge in [0.15, 0.2) is 0 Å². The van der Waals surface area contributed by atoms with Gasteiger partial charge in [0.1, 0.15) is 17.1 Å². The molecule has 0 saturated heterocycles. The molecule has 0 atom stereocenters. The minimum atomic E-state index is -1.12. The number of benzene rings is 1. The number of carbonyl (C=O) groups is 2. The molecule has 2 aromatic rings. The Labute approximate surface area is 153 Å². The topological polar surface area (TPSA) is 103 Å². The average Bonchev–Trinajstić information content (AvgIpc) is 2.51. The molecule has 0 radical (unpaired) electrons. The quantitative estimate of drug-likeness (QED) is 0.740. The van der Waals surface area contributed by atoms with Crippen molar-refractivity contribution in [3.8, 4) is 5.75 Å². The van der Waals surface area contributed by atoms with Gasteiger partial charge in [0.05, 0.1) is 28.9 Å². The zero-order valence-corrected chi connectivity index (χ0v) is 15.8. The number of aryl methyl sites for hydroxylation is 1. The molecule has 1 aromatic carbocycles. The van der Waals surface area contributed by atoms with Crippen LogP contribution in [0.1, 0.15) is 56.1 Å². The molecule has 1 heterocycles. The molecule has 0 aliphatic carbocycles. The van der Waals surface area contributed by atoms with Crippen molar-refractivity contribution < 1.29 is 19.4 Å². The molecule has 26 heavy (non-hydrogen) atoms. The summed E-state index contributed by atoms with van der Waals surface area (Å²) < 4.78 is 5.95. The lowest BCUT2D eigenvalue weighted by molar-refractivity contribution is -0.121. The Morgan fingerprint density at radius 3 is 2.62 bits per heavy atom. The van der Waals surface area contributed by atoms with Crippen molar-refractivity contribution in [2.45, 2.75) is 47.0 Å². The third-order valence-corrected chi connectivity index (χ3v) is 4.23. The van der Waals surface area contributed by atoms with E-state index in [2.05, 4.69) is 4.98 Å². The van der Waals surface area contributed by atoms with Crippen molar-refractivity contribution in [3.63, 3.8) is 0 Å². The van der Waals surface area contributed by atoms with Crippen molar-refractivity contribution in [2.24, 2.45) is 5.41 Å². The Balaban J connectivity index is 2.34. The second kappa shape index (κ2) is 7.72. The van der Waals surface area contributed by atoms with Crippen LogP contribution in [0.2, 0.25) is 0 Å². The Morgan fingerprint density at radius 2 is 2.00 bits per heavy atom. The van der Waals surface area contributed by atoms with Crippen LogP contribution in [0.15, 0.2) is 18.2 Å². The molecule has 6 nitrogen and oxygen atoms in total. The normalized spacial score (nSPS) is 11.5. The molecule has 1 aromatic heterocycles. The Kier molecular flexibility index (Phi) is 5.85. The molecule has 0 aliphatic rings. The van der Waals surface area contributed by atoms with Crippen LogP contribution in [0.25, 0.3) is 10.9 Å². The fraction of sp³-hybridized carbons (Fsp3) is 0.450. The van der Waals surface area contributed by atoms with Gasteiger partial charge in [-0.15, -0.1) is 0 Å². The SMILES string of the molecule is CCCC(=O)CC(C)(C)COc1cccc2nc(C)c(C(=O)O)c(N)c12. The number of carbonyl (C=O) groups excluding carboxylic acids is 1. The van der Waals surface area contributed by atoms with E-state index in [-0.39, 0.29) is 22.4 Å². The van der Waals surface area contributed by atoms with Crippen molar-refractivity contribution >= 4 is 28.3 Å². The summed E-state index contributed by atoms with van der Waals surface area (Å²) in [5, 5.41) is 9.90. The molecule has 0 aliphatic heterocycles. The molecular weight excluding hydrogens is 332 g/mol. The number of carboxylic acid groups (broad SMARTS) is 1. The van der Waals surface area contributed by atoms with E-state index in [0.29, 0.717) is 41.8 Å². The van der Waals surface area contributed by atoms with Gasteiger partial charge in [-0.3, -0.25) is 9.78 Å². The summed E-state index contributed by atoms with van der Waals surface area (Å²) in [6.45, 7) is 7.86. The number of nitrogens with two attached hydrogens (primary N) is 1. The van der Waals surface area contributed by atoms with E-state index in [1.54, 1.807) is 25.1 Å². The van der Waals surface area contributed by atoms with Crippen LogP contribution < -0.4 is 10.5 Å². The number of rotatable bonds is 8. The molecule has 140 valence electrons. The van der Waals surface area contributed by atoms with Gasteiger partial charge in [0.25, 0.3) is 0 Å². The highest BCUT2D eigenvalue weighted by atomic mass is 16.5. The van der Waals surface area contributed by atoms with E-state index >= 15 is 0 Å². The van der Waals surface area contributed by atoms with Gasteiger partial charge in [-0.25, -0.2) is 4.79 Å². The highest BCUT2D eigenvalue weighted by molar-refractivity contribution is 6.06. The maximum atomic E-state index is 11.9. The average molecular weight is 358 g/mol. The van der Waals surface area contributed by atoms with Crippen LogP contribution in [0.3, 0.4) is 0 Å². The molecule has 0 saturated carbocycles. The van der Waals surface area contributed by atoms with Crippen LogP contribution >= 0.6 is 0 Å². The third-order valence-electron chi connectivity index (χ3n) is 4.23. The molecular formula is C20H26N2O4.